The van der Waals surface area contributed by atoms with Crippen molar-refractivity contribution in [3.63, 3.8) is 0 Å². The molecule has 7 nitrogen and oxygen atoms in total. The molecular formula is C13H19N3O4S. The number of rotatable bonds is 4. The fourth-order valence-corrected chi connectivity index (χ4v) is 3.03. The van der Waals surface area contributed by atoms with Gasteiger partial charge in [-0.25, -0.2) is 13.4 Å². The Morgan fingerprint density at radius 3 is 2.57 bits per heavy atom. The van der Waals surface area contributed by atoms with Crippen LogP contribution in [-0.2, 0) is 10.0 Å². The third kappa shape index (κ3) is 3.70. The first kappa shape index (κ1) is 15.7. The molecule has 1 amide bonds. The number of carbonyl (C=O) groups is 1. The Labute approximate surface area is 124 Å². The van der Waals surface area contributed by atoms with Crippen LogP contribution in [0.15, 0.2) is 18.3 Å². The third-order valence-electron chi connectivity index (χ3n) is 3.28. The van der Waals surface area contributed by atoms with Gasteiger partial charge in [0.05, 0.1) is 12.9 Å². The molecule has 0 N–H and O–H groups in total. The van der Waals surface area contributed by atoms with Gasteiger partial charge in [-0.3, -0.25) is 4.79 Å². The summed E-state index contributed by atoms with van der Waals surface area (Å²) in [5.41, 5.74) is 0.409. The van der Waals surface area contributed by atoms with E-state index in [0.717, 1.165) is 0 Å². The van der Waals surface area contributed by atoms with E-state index in [2.05, 4.69) is 4.98 Å². The molecule has 0 spiro atoms. The molecule has 2 heterocycles. The number of sulfonamides is 1. The lowest BCUT2D eigenvalue weighted by molar-refractivity contribution is 0.0693. The number of piperazine rings is 1. The van der Waals surface area contributed by atoms with Gasteiger partial charge in [0.15, 0.2) is 0 Å². The molecule has 1 saturated heterocycles. The molecule has 0 aliphatic carbocycles. The maximum Gasteiger partial charge on any atom is 0.259 e. The fraction of sp³-hybridized carbons (Fsp3) is 0.538. The standard InChI is InChI=1S/C13H19N3O4S/c1-3-20-12-11(5-4-6-14-12)13(17)15-7-9-16(10-8-15)21(2,18)19/h4-6H,3,7-10H2,1-2H3. The minimum atomic E-state index is -3.20. The molecular weight excluding hydrogens is 294 g/mol. The van der Waals surface area contributed by atoms with E-state index in [-0.39, 0.29) is 5.91 Å². The maximum absolute atomic E-state index is 12.5. The first-order chi connectivity index (χ1) is 9.93. The number of carbonyl (C=O) groups excluding carboxylic acids is 1. The van der Waals surface area contributed by atoms with Crippen molar-refractivity contribution < 1.29 is 17.9 Å². The lowest BCUT2D eigenvalue weighted by Gasteiger charge is -2.33. The second-order valence-electron chi connectivity index (χ2n) is 4.74. The minimum absolute atomic E-state index is 0.181. The van der Waals surface area contributed by atoms with Crippen LogP contribution in [0, 0.1) is 0 Å². The van der Waals surface area contributed by atoms with Gasteiger partial charge in [0.2, 0.25) is 15.9 Å². The van der Waals surface area contributed by atoms with Gasteiger partial charge in [-0.1, -0.05) is 0 Å². The van der Waals surface area contributed by atoms with E-state index >= 15 is 0 Å². The second kappa shape index (κ2) is 6.40. The minimum Gasteiger partial charge on any atom is -0.477 e. The highest BCUT2D eigenvalue weighted by atomic mass is 32.2. The van der Waals surface area contributed by atoms with E-state index in [1.165, 1.54) is 10.6 Å². The van der Waals surface area contributed by atoms with Crippen LogP contribution in [0.4, 0.5) is 0 Å². The summed E-state index contributed by atoms with van der Waals surface area (Å²) in [5, 5.41) is 0. The van der Waals surface area contributed by atoms with Gasteiger partial charge >= 0.3 is 0 Å². The van der Waals surface area contributed by atoms with E-state index in [9.17, 15) is 13.2 Å². The first-order valence-corrected chi connectivity index (χ1v) is 8.60. The Morgan fingerprint density at radius 2 is 2.00 bits per heavy atom. The molecule has 0 atom stereocenters. The van der Waals surface area contributed by atoms with Gasteiger partial charge in [0.25, 0.3) is 5.91 Å². The second-order valence-corrected chi connectivity index (χ2v) is 6.73. The molecule has 0 bridgehead atoms. The molecule has 0 aromatic carbocycles. The number of hydrogen-bond acceptors (Lipinski definition) is 5. The number of aromatic nitrogens is 1. The predicted molar refractivity (Wildman–Crippen MR) is 77.7 cm³/mol. The SMILES string of the molecule is CCOc1ncccc1C(=O)N1CCN(S(C)(=O)=O)CC1. The van der Waals surface area contributed by atoms with E-state index < -0.39 is 10.0 Å². The number of hydrogen-bond donors (Lipinski definition) is 0. The Hall–Kier alpha value is -1.67. The number of ether oxygens (including phenoxy) is 1. The van der Waals surface area contributed by atoms with Crippen LogP contribution in [0.2, 0.25) is 0 Å². The van der Waals surface area contributed by atoms with Crippen molar-refractivity contribution in [2.45, 2.75) is 6.92 Å². The molecule has 8 heteroatoms. The Morgan fingerprint density at radius 1 is 1.33 bits per heavy atom. The summed E-state index contributed by atoms with van der Waals surface area (Å²) in [5.74, 6) is 0.134. The Balaban J connectivity index is 2.09. The van der Waals surface area contributed by atoms with Gasteiger partial charge in [0.1, 0.15) is 5.56 Å². The van der Waals surface area contributed by atoms with Crippen molar-refractivity contribution >= 4 is 15.9 Å². The normalized spacial score (nSPS) is 16.8. The van der Waals surface area contributed by atoms with Gasteiger partial charge < -0.3 is 9.64 Å². The lowest BCUT2D eigenvalue weighted by atomic mass is 10.2. The zero-order chi connectivity index (χ0) is 15.5. The third-order valence-corrected chi connectivity index (χ3v) is 4.58. The summed E-state index contributed by atoms with van der Waals surface area (Å²) in [6.07, 6.45) is 2.75. The molecule has 0 radical (unpaired) electrons. The number of nitrogens with zero attached hydrogens (tertiary/aromatic N) is 3. The molecule has 1 aliphatic heterocycles. The van der Waals surface area contributed by atoms with Crippen molar-refractivity contribution in [1.82, 2.24) is 14.2 Å². The highest BCUT2D eigenvalue weighted by molar-refractivity contribution is 7.88. The smallest absolute Gasteiger partial charge is 0.259 e. The largest absolute Gasteiger partial charge is 0.477 e. The van der Waals surface area contributed by atoms with Crippen LogP contribution in [0.5, 0.6) is 5.88 Å². The van der Waals surface area contributed by atoms with Crippen molar-refractivity contribution in [3.8, 4) is 5.88 Å². The topological polar surface area (TPSA) is 79.8 Å². The van der Waals surface area contributed by atoms with Gasteiger partial charge in [-0.2, -0.15) is 4.31 Å². The molecule has 0 unspecified atom stereocenters. The Bertz CT molecular complexity index is 610. The zero-order valence-electron chi connectivity index (χ0n) is 12.2. The highest BCUT2D eigenvalue weighted by Crippen LogP contribution is 2.18. The van der Waals surface area contributed by atoms with Gasteiger partial charge in [0, 0.05) is 32.4 Å². The molecule has 2 rings (SSSR count). The van der Waals surface area contributed by atoms with Crippen LogP contribution in [0.1, 0.15) is 17.3 Å². The first-order valence-electron chi connectivity index (χ1n) is 6.75. The van der Waals surface area contributed by atoms with E-state index in [1.54, 1.807) is 23.2 Å². The van der Waals surface area contributed by atoms with Crippen molar-refractivity contribution in [2.75, 3.05) is 39.0 Å². The summed E-state index contributed by atoms with van der Waals surface area (Å²) in [6.45, 7) is 3.62. The van der Waals surface area contributed by atoms with Crippen LogP contribution in [-0.4, -0.2) is 67.6 Å². The number of pyridine rings is 1. The molecule has 1 aromatic heterocycles. The van der Waals surface area contributed by atoms with Crippen LogP contribution in [0.3, 0.4) is 0 Å². The molecule has 1 aliphatic rings. The van der Waals surface area contributed by atoms with Crippen molar-refractivity contribution in [1.29, 1.82) is 0 Å². The van der Waals surface area contributed by atoms with E-state index in [4.69, 9.17) is 4.74 Å². The van der Waals surface area contributed by atoms with Crippen LogP contribution in [0.25, 0.3) is 0 Å². The average molecular weight is 313 g/mol. The van der Waals surface area contributed by atoms with Crippen LogP contribution >= 0.6 is 0 Å². The Kier molecular flexibility index (Phi) is 4.79. The highest BCUT2D eigenvalue weighted by Gasteiger charge is 2.28. The summed E-state index contributed by atoms with van der Waals surface area (Å²) in [7, 11) is -3.20. The summed E-state index contributed by atoms with van der Waals surface area (Å²) in [4.78, 5) is 18.2. The zero-order valence-corrected chi connectivity index (χ0v) is 13.0. The predicted octanol–water partition coefficient (Wildman–Crippen LogP) is 0.198. The summed E-state index contributed by atoms with van der Waals surface area (Å²) < 4.78 is 29.7. The van der Waals surface area contributed by atoms with E-state index in [1.807, 2.05) is 6.92 Å². The molecule has 0 saturated carbocycles. The average Bonchev–Trinajstić information content (AvgIpc) is 2.47. The molecule has 1 fully saturated rings. The lowest BCUT2D eigenvalue weighted by Crippen LogP contribution is -2.50. The van der Waals surface area contributed by atoms with Gasteiger partial charge in [-0.05, 0) is 19.1 Å². The monoisotopic (exact) mass is 313 g/mol. The maximum atomic E-state index is 12.5. The quantitative estimate of drug-likeness (QED) is 0.793. The van der Waals surface area contributed by atoms with Crippen molar-refractivity contribution in [3.05, 3.63) is 23.9 Å². The summed E-state index contributed by atoms with van der Waals surface area (Å²) in [6, 6.07) is 3.35. The summed E-state index contributed by atoms with van der Waals surface area (Å²) >= 11 is 0. The number of amides is 1. The molecule has 1 aromatic rings. The fourth-order valence-electron chi connectivity index (χ4n) is 2.20. The van der Waals surface area contributed by atoms with Gasteiger partial charge in [-0.15, -0.1) is 0 Å². The molecule has 21 heavy (non-hydrogen) atoms. The van der Waals surface area contributed by atoms with Crippen LogP contribution < -0.4 is 4.74 Å². The van der Waals surface area contributed by atoms with Crippen molar-refractivity contribution in [2.24, 2.45) is 0 Å². The molecule has 116 valence electrons. The van der Waals surface area contributed by atoms with E-state index in [0.29, 0.717) is 44.2 Å².